The summed E-state index contributed by atoms with van der Waals surface area (Å²) >= 11 is 0. The lowest BCUT2D eigenvalue weighted by Crippen LogP contribution is -2.42. The normalized spacial score (nSPS) is 20.5. The van der Waals surface area contributed by atoms with Crippen molar-refractivity contribution in [1.82, 2.24) is 20.4 Å². The highest BCUT2D eigenvalue weighted by molar-refractivity contribution is 5.44. The number of likely N-dealkylation sites (tertiary alicyclic amines) is 1. The van der Waals surface area contributed by atoms with Crippen LogP contribution in [0.5, 0.6) is 0 Å². The monoisotopic (exact) mass is 302 g/mol. The molecule has 0 bridgehead atoms. The minimum absolute atomic E-state index is 0.529. The molecule has 1 N–H and O–H groups in total. The molecule has 22 heavy (non-hydrogen) atoms. The van der Waals surface area contributed by atoms with Gasteiger partial charge in [-0.2, -0.15) is 4.98 Å². The molecule has 1 aliphatic heterocycles. The van der Waals surface area contributed by atoms with Crippen LogP contribution in [-0.2, 0) is 6.54 Å². The van der Waals surface area contributed by atoms with Crippen molar-refractivity contribution in [1.29, 1.82) is 0 Å². The van der Waals surface area contributed by atoms with Gasteiger partial charge in [-0.1, -0.05) is 5.16 Å². The van der Waals surface area contributed by atoms with Crippen LogP contribution in [0.1, 0.15) is 31.6 Å². The average molecular weight is 302 g/mol. The van der Waals surface area contributed by atoms with Crippen molar-refractivity contribution in [2.24, 2.45) is 5.92 Å². The van der Waals surface area contributed by atoms with Crippen LogP contribution < -0.4 is 5.32 Å². The van der Waals surface area contributed by atoms with Gasteiger partial charge in [0.2, 0.25) is 11.7 Å². The van der Waals surface area contributed by atoms with Gasteiger partial charge in [0.25, 0.3) is 0 Å². The summed E-state index contributed by atoms with van der Waals surface area (Å²) in [6.07, 6.45) is 6.85. The molecule has 0 amide bonds. The number of furan rings is 1. The molecule has 1 saturated heterocycles. The van der Waals surface area contributed by atoms with Crippen LogP contribution in [0.15, 0.2) is 27.3 Å². The maximum absolute atomic E-state index is 5.33. The number of hydrogen-bond donors (Lipinski definition) is 1. The molecule has 0 unspecified atom stereocenters. The molecule has 1 aliphatic carbocycles. The Morgan fingerprint density at radius 1 is 1.23 bits per heavy atom. The molecule has 1 saturated carbocycles. The second kappa shape index (κ2) is 6.22. The zero-order valence-electron chi connectivity index (χ0n) is 12.7. The zero-order valence-corrected chi connectivity index (χ0v) is 12.7. The Balaban J connectivity index is 1.25. The molecule has 2 aromatic heterocycles. The summed E-state index contributed by atoms with van der Waals surface area (Å²) < 4.78 is 10.6. The van der Waals surface area contributed by atoms with Crippen LogP contribution in [0.4, 0.5) is 0 Å². The van der Waals surface area contributed by atoms with Gasteiger partial charge in [-0.25, -0.2) is 0 Å². The van der Waals surface area contributed by atoms with E-state index in [4.69, 9.17) is 8.94 Å². The van der Waals surface area contributed by atoms with E-state index in [0.29, 0.717) is 23.5 Å². The van der Waals surface area contributed by atoms with E-state index in [1.54, 1.807) is 6.26 Å². The highest BCUT2D eigenvalue weighted by Gasteiger charge is 2.25. The van der Waals surface area contributed by atoms with E-state index >= 15 is 0 Å². The number of hydrogen-bond acceptors (Lipinski definition) is 6. The van der Waals surface area contributed by atoms with Crippen molar-refractivity contribution in [3.63, 3.8) is 0 Å². The first kappa shape index (κ1) is 14.0. The van der Waals surface area contributed by atoms with E-state index in [0.717, 1.165) is 25.6 Å². The second-order valence-electron chi connectivity index (χ2n) is 6.39. The largest absolute Gasteiger partial charge is 0.461 e. The lowest BCUT2D eigenvalue weighted by Gasteiger charge is -2.31. The maximum Gasteiger partial charge on any atom is 0.241 e. The van der Waals surface area contributed by atoms with E-state index in [-0.39, 0.29) is 0 Å². The summed E-state index contributed by atoms with van der Waals surface area (Å²) in [6.45, 7) is 4.10. The van der Waals surface area contributed by atoms with Crippen molar-refractivity contribution in [2.45, 2.75) is 38.3 Å². The number of aromatic nitrogens is 2. The molecule has 2 aromatic rings. The van der Waals surface area contributed by atoms with Gasteiger partial charge < -0.3 is 14.3 Å². The topological polar surface area (TPSA) is 67.3 Å². The average Bonchev–Trinajstić information content (AvgIpc) is 3.01. The van der Waals surface area contributed by atoms with Crippen molar-refractivity contribution in [3.8, 4) is 11.6 Å². The van der Waals surface area contributed by atoms with Crippen molar-refractivity contribution in [3.05, 3.63) is 24.3 Å². The highest BCUT2D eigenvalue weighted by atomic mass is 16.5. The summed E-state index contributed by atoms with van der Waals surface area (Å²) in [4.78, 5) is 6.79. The van der Waals surface area contributed by atoms with E-state index in [1.165, 1.54) is 32.2 Å². The Kier molecular flexibility index (Phi) is 3.95. The minimum Gasteiger partial charge on any atom is -0.461 e. The molecular formula is C16H22N4O2. The van der Waals surface area contributed by atoms with E-state index < -0.39 is 0 Å². The van der Waals surface area contributed by atoms with Gasteiger partial charge in [-0.15, -0.1) is 0 Å². The predicted molar refractivity (Wildman–Crippen MR) is 81.0 cm³/mol. The molecule has 6 heteroatoms. The number of nitrogens with one attached hydrogen (secondary N) is 1. The third kappa shape index (κ3) is 3.39. The summed E-state index contributed by atoms with van der Waals surface area (Å²) in [5.41, 5.74) is 0. The van der Waals surface area contributed by atoms with Gasteiger partial charge in [0.1, 0.15) is 0 Å². The number of piperidine rings is 1. The molecule has 0 spiro atoms. The van der Waals surface area contributed by atoms with E-state index in [1.807, 2.05) is 12.1 Å². The first-order valence-corrected chi connectivity index (χ1v) is 8.19. The van der Waals surface area contributed by atoms with Crippen LogP contribution in [0.25, 0.3) is 11.6 Å². The number of rotatable bonds is 6. The Morgan fingerprint density at radius 3 is 2.82 bits per heavy atom. The van der Waals surface area contributed by atoms with Crippen molar-refractivity contribution < 1.29 is 8.94 Å². The Labute approximate surface area is 129 Å². The van der Waals surface area contributed by atoms with Crippen LogP contribution in [0, 0.1) is 5.92 Å². The van der Waals surface area contributed by atoms with Crippen molar-refractivity contribution >= 4 is 0 Å². The third-order valence-corrected chi connectivity index (χ3v) is 4.55. The molecule has 6 nitrogen and oxygen atoms in total. The lowest BCUT2D eigenvalue weighted by atomic mass is 10.0. The SMILES string of the molecule is c1coc(-c2noc(CN3CCC(NCC4CC4)CC3)n2)c1. The predicted octanol–water partition coefficient (Wildman–Crippen LogP) is 2.29. The molecular weight excluding hydrogens is 280 g/mol. The molecule has 0 aromatic carbocycles. The molecule has 2 fully saturated rings. The maximum atomic E-state index is 5.33. The highest BCUT2D eigenvalue weighted by Crippen LogP contribution is 2.28. The Bertz CT molecular complexity index is 583. The van der Waals surface area contributed by atoms with Gasteiger partial charge in [-0.3, -0.25) is 4.90 Å². The summed E-state index contributed by atoms with van der Waals surface area (Å²) in [7, 11) is 0. The van der Waals surface area contributed by atoms with Crippen LogP contribution >= 0.6 is 0 Å². The molecule has 3 heterocycles. The third-order valence-electron chi connectivity index (χ3n) is 4.55. The first-order valence-electron chi connectivity index (χ1n) is 8.19. The Morgan fingerprint density at radius 2 is 2.09 bits per heavy atom. The summed E-state index contributed by atoms with van der Waals surface area (Å²) in [6, 6.07) is 4.34. The van der Waals surface area contributed by atoms with Gasteiger partial charge in [0.05, 0.1) is 12.8 Å². The van der Waals surface area contributed by atoms with Crippen molar-refractivity contribution in [2.75, 3.05) is 19.6 Å². The smallest absolute Gasteiger partial charge is 0.241 e. The Hall–Kier alpha value is -1.66. The fourth-order valence-corrected chi connectivity index (χ4v) is 2.97. The van der Waals surface area contributed by atoms with Crippen LogP contribution in [0.3, 0.4) is 0 Å². The molecule has 2 aliphatic rings. The van der Waals surface area contributed by atoms with E-state index in [9.17, 15) is 0 Å². The second-order valence-corrected chi connectivity index (χ2v) is 6.39. The van der Waals surface area contributed by atoms with Gasteiger partial charge in [0, 0.05) is 19.1 Å². The molecule has 118 valence electrons. The van der Waals surface area contributed by atoms with E-state index in [2.05, 4.69) is 20.4 Å². The molecule has 0 radical (unpaired) electrons. The van der Waals surface area contributed by atoms with Crippen LogP contribution in [0.2, 0.25) is 0 Å². The quantitative estimate of drug-likeness (QED) is 0.883. The fraction of sp³-hybridized carbons (Fsp3) is 0.625. The lowest BCUT2D eigenvalue weighted by molar-refractivity contribution is 0.170. The fourth-order valence-electron chi connectivity index (χ4n) is 2.97. The van der Waals surface area contributed by atoms with Crippen LogP contribution in [-0.4, -0.2) is 40.7 Å². The summed E-state index contributed by atoms with van der Waals surface area (Å²) in [5.74, 6) is 2.80. The van der Waals surface area contributed by atoms with Gasteiger partial charge in [-0.05, 0) is 50.3 Å². The number of nitrogens with zero attached hydrogens (tertiary/aromatic N) is 3. The molecule has 0 atom stereocenters. The standard InChI is InChI=1S/C16H22N4O2/c1-2-14(21-9-1)16-18-15(22-19-16)11-20-7-5-13(6-8-20)17-10-12-3-4-12/h1-2,9,12-13,17H,3-8,10-11H2. The van der Waals surface area contributed by atoms with Gasteiger partial charge >= 0.3 is 0 Å². The summed E-state index contributed by atoms with van der Waals surface area (Å²) in [5, 5.41) is 7.68. The minimum atomic E-state index is 0.529. The molecule has 4 rings (SSSR count). The van der Waals surface area contributed by atoms with Gasteiger partial charge in [0.15, 0.2) is 5.76 Å². The zero-order chi connectivity index (χ0) is 14.8. The first-order chi connectivity index (χ1) is 10.9.